The molecule has 1 aromatic heterocycles. The predicted octanol–water partition coefficient (Wildman–Crippen LogP) is 3.62. The van der Waals surface area contributed by atoms with Crippen LogP contribution in [0.5, 0.6) is 0 Å². The second-order valence-corrected chi connectivity index (χ2v) is 4.71. The zero-order valence-electron chi connectivity index (χ0n) is 10.7. The van der Waals surface area contributed by atoms with Gasteiger partial charge in [-0.1, -0.05) is 42.5 Å². The minimum absolute atomic E-state index is 0.640. The number of aliphatic hydroxyl groups is 1. The molecule has 0 aliphatic carbocycles. The zero-order chi connectivity index (χ0) is 13.2. The molecule has 0 saturated carbocycles. The van der Waals surface area contributed by atoms with E-state index in [-0.39, 0.29) is 0 Å². The highest BCUT2D eigenvalue weighted by molar-refractivity contribution is 5.89. The molecule has 3 aromatic rings. The molecule has 0 bridgehead atoms. The van der Waals surface area contributed by atoms with E-state index in [0.29, 0.717) is 0 Å². The van der Waals surface area contributed by atoms with Crippen LogP contribution >= 0.6 is 0 Å². The number of pyridine rings is 1. The Bertz CT molecular complexity index is 707. The van der Waals surface area contributed by atoms with E-state index in [9.17, 15) is 5.11 Å². The number of fused-ring (bicyclic) bond motifs is 1. The van der Waals surface area contributed by atoms with Crippen molar-refractivity contribution < 1.29 is 5.11 Å². The average Bonchev–Trinajstić information content (AvgIpc) is 2.48. The molecule has 2 aromatic carbocycles. The molecule has 1 unspecified atom stereocenters. The molecule has 0 radical (unpaired) electrons. The first-order chi connectivity index (χ1) is 9.27. The third kappa shape index (κ3) is 2.11. The van der Waals surface area contributed by atoms with Crippen molar-refractivity contribution in [2.45, 2.75) is 13.0 Å². The van der Waals surface area contributed by atoms with Gasteiger partial charge in [0.25, 0.3) is 0 Å². The molecule has 0 aliphatic rings. The maximum atomic E-state index is 10.5. The fourth-order valence-electron chi connectivity index (χ4n) is 2.43. The third-order valence-corrected chi connectivity index (χ3v) is 3.47. The number of aliphatic hydroxyl groups excluding tert-OH is 1. The van der Waals surface area contributed by atoms with Crippen LogP contribution < -0.4 is 0 Å². The second-order valence-electron chi connectivity index (χ2n) is 4.71. The van der Waals surface area contributed by atoms with E-state index in [2.05, 4.69) is 30.1 Å². The largest absolute Gasteiger partial charge is 0.384 e. The van der Waals surface area contributed by atoms with Gasteiger partial charge < -0.3 is 5.11 Å². The predicted molar refractivity (Wildman–Crippen MR) is 77.0 cm³/mol. The van der Waals surface area contributed by atoms with Crippen molar-refractivity contribution in [3.05, 3.63) is 77.6 Å². The van der Waals surface area contributed by atoms with Gasteiger partial charge in [-0.2, -0.15) is 0 Å². The lowest BCUT2D eigenvalue weighted by molar-refractivity contribution is 0.221. The smallest absolute Gasteiger partial charge is 0.106 e. The van der Waals surface area contributed by atoms with Gasteiger partial charge in [-0.3, -0.25) is 4.98 Å². The summed E-state index contributed by atoms with van der Waals surface area (Å²) in [6.07, 6.45) is 2.78. The van der Waals surface area contributed by atoms with E-state index in [1.54, 1.807) is 12.4 Å². The minimum Gasteiger partial charge on any atom is -0.384 e. The Balaban J connectivity index is 2.18. The lowest BCUT2D eigenvalue weighted by Crippen LogP contribution is -2.01. The summed E-state index contributed by atoms with van der Waals surface area (Å²) in [6, 6.07) is 16.0. The highest BCUT2D eigenvalue weighted by Crippen LogP contribution is 2.30. The van der Waals surface area contributed by atoms with Crippen LogP contribution in [0.15, 0.2) is 60.9 Å². The minimum atomic E-state index is -0.640. The van der Waals surface area contributed by atoms with Crippen molar-refractivity contribution in [2.24, 2.45) is 0 Å². The van der Waals surface area contributed by atoms with Crippen LogP contribution in [0.4, 0.5) is 0 Å². The van der Waals surface area contributed by atoms with E-state index in [1.807, 2.05) is 30.3 Å². The Morgan fingerprint density at radius 2 is 1.74 bits per heavy atom. The number of aryl methyl sites for hydroxylation is 1. The van der Waals surface area contributed by atoms with Crippen LogP contribution in [-0.2, 0) is 0 Å². The molecule has 3 rings (SSSR count). The molecular formula is C17H15NO. The number of aromatic nitrogens is 1. The normalized spacial score (nSPS) is 12.5. The Morgan fingerprint density at radius 3 is 2.47 bits per heavy atom. The van der Waals surface area contributed by atoms with E-state index in [0.717, 1.165) is 16.5 Å². The fraction of sp³-hybridized carbons (Fsp3) is 0.118. The van der Waals surface area contributed by atoms with E-state index < -0.39 is 6.10 Å². The van der Waals surface area contributed by atoms with Crippen molar-refractivity contribution in [3.8, 4) is 0 Å². The van der Waals surface area contributed by atoms with E-state index in [4.69, 9.17) is 0 Å². The van der Waals surface area contributed by atoms with Crippen molar-refractivity contribution in [3.63, 3.8) is 0 Å². The summed E-state index contributed by atoms with van der Waals surface area (Å²) in [6.45, 7) is 2.09. The van der Waals surface area contributed by atoms with Gasteiger partial charge in [-0.05, 0) is 34.9 Å². The first-order valence-corrected chi connectivity index (χ1v) is 6.33. The summed E-state index contributed by atoms with van der Waals surface area (Å²) in [5.74, 6) is 0. The quantitative estimate of drug-likeness (QED) is 0.752. The van der Waals surface area contributed by atoms with Crippen LogP contribution in [0.1, 0.15) is 22.8 Å². The highest BCUT2D eigenvalue weighted by atomic mass is 16.3. The monoisotopic (exact) mass is 249 g/mol. The maximum absolute atomic E-state index is 10.5. The molecule has 19 heavy (non-hydrogen) atoms. The Morgan fingerprint density at radius 1 is 0.947 bits per heavy atom. The number of hydrogen-bond donors (Lipinski definition) is 1. The van der Waals surface area contributed by atoms with Crippen LogP contribution in [0.3, 0.4) is 0 Å². The molecule has 0 aliphatic heterocycles. The number of nitrogens with zero attached hydrogens (tertiary/aromatic N) is 1. The zero-order valence-corrected chi connectivity index (χ0v) is 10.7. The van der Waals surface area contributed by atoms with Crippen LogP contribution in [0.25, 0.3) is 10.8 Å². The van der Waals surface area contributed by atoms with Crippen molar-refractivity contribution in [1.82, 2.24) is 4.98 Å². The van der Waals surface area contributed by atoms with Crippen molar-refractivity contribution in [2.75, 3.05) is 0 Å². The molecule has 1 N–H and O–H groups in total. The van der Waals surface area contributed by atoms with E-state index in [1.165, 1.54) is 10.9 Å². The van der Waals surface area contributed by atoms with E-state index >= 15 is 0 Å². The molecular weight excluding hydrogens is 234 g/mol. The number of benzene rings is 2. The van der Waals surface area contributed by atoms with Crippen molar-refractivity contribution in [1.29, 1.82) is 0 Å². The molecule has 0 saturated heterocycles. The summed E-state index contributed by atoms with van der Waals surface area (Å²) in [7, 11) is 0. The van der Waals surface area contributed by atoms with Gasteiger partial charge in [-0.15, -0.1) is 0 Å². The SMILES string of the molecule is Cc1ccc(C(O)c2cccnc2)c2ccccc12. The molecule has 2 heteroatoms. The summed E-state index contributed by atoms with van der Waals surface area (Å²) >= 11 is 0. The molecule has 2 nitrogen and oxygen atoms in total. The first kappa shape index (κ1) is 11.9. The first-order valence-electron chi connectivity index (χ1n) is 6.33. The van der Waals surface area contributed by atoms with Crippen molar-refractivity contribution >= 4 is 10.8 Å². The summed E-state index contributed by atoms with van der Waals surface area (Å²) in [5, 5.41) is 12.8. The molecule has 0 spiro atoms. The van der Waals surface area contributed by atoms with Crippen LogP contribution in [0.2, 0.25) is 0 Å². The molecule has 0 amide bonds. The fourth-order valence-corrected chi connectivity index (χ4v) is 2.43. The Hall–Kier alpha value is -2.19. The topological polar surface area (TPSA) is 33.1 Å². The number of hydrogen-bond acceptors (Lipinski definition) is 2. The summed E-state index contributed by atoms with van der Waals surface area (Å²) < 4.78 is 0. The maximum Gasteiger partial charge on any atom is 0.106 e. The van der Waals surface area contributed by atoms with Gasteiger partial charge in [0.15, 0.2) is 0 Å². The van der Waals surface area contributed by atoms with Crippen LogP contribution in [-0.4, -0.2) is 10.1 Å². The summed E-state index contributed by atoms with van der Waals surface area (Å²) in [4.78, 5) is 4.07. The van der Waals surface area contributed by atoms with Gasteiger partial charge in [0, 0.05) is 18.0 Å². The highest BCUT2D eigenvalue weighted by Gasteiger charge is 2.14. The molecule has 1 heterocycles. The van der Waals surface area contributed by atoms with Gasteiger partial charge in [0.1, 0.15) is 6.10 Å². The van der Waals surface area contributed by atoms with Gasteiger partial charge >= 0.3 is 0 Å². The second kappa shape index (κ2) is 4.82. The molecule has 94 valence electrons. The van der Waals surface area contributed by atoms with Gasteiger partial charge in [-0.25, -0.2) is 0 Å². The van der Waals surface area contributed by atoms with Gasteiger partial charge in [0.2, 0.25) is 0 Å². The Labute approximate surface area is 112 Å². The lowest BCUT2D eigenvalue weighted by atomic mass is 9.94. The third-order valence-electron chi connectivity index (χ3n) is 3.47. The summed E-state index contributed by atoms with van der Waals surface area (Å²) in [5.41, 5.74) is 2.96. The molecule has 0 fully saturated rings. The van der Waals surface area contributed by atoms with Gasteiger partial charge in [0.05, 0.1) is 0 Å². The van der Waals surface area contributed by atoms with Crippen LogP contribution in [0, 0.1) is 6.92 Å². The number of rotatable bonds is 2. The average molecular weight is 249 g/mol. The lowest BCUT2D eigenvalue weighted by Gasteiger charge is -2.15. The Kier molecular flexibility index (Phi) is 3.02. The standard InChI is InChI=1S/C17H15NO/c1-12-8-9-16(15-7-3-2-6-14(12)15)17(19)13-5-4-10-18-11-13/h2-11,17,19H,1H3. The molecule has 1 atom stereocenters.